The molecule has 0 bridgehead atoms. The monoisotopic (exact) mass is 585 g/mol. The minimum atomic E-state index is -0.306. The lowest BCUT2D eigenvalue weighted by atomic mass is 10.1. The summed E-state index contributed by atoms with van der Waals surface area (Å²) in [6.45, 7) is 12.6. The van der Waals surface area contributed by atoms with Gasteiger partial charge in [-0.1, -0.05) is 0 Å². The van der Waals surface area contributed by atoms with Gasteiger partial charge in [-0.05, 0) is 85.3 Å². The number of hydrogen-bond acceptors (Lipinski definition) is 9. The van der Waals surface area contributed by atoms with E-state index in [9.17, 15) is 4.79 Å². The third-order valence-corrected chi connectivity index (χ3v) is 8.50. The first-order valence-corrected chi connectivity index (χ1v) is 15.1. The molecule has 3 aromatic heterocycles. The molecule has 0 spiro atoms. The van der Waals surface area contributed by atoms with Crippen molar-refractivity contribution < 1.29 is 4.39 Å². The lowest BCUT2D eigenvalue weighted by Gasteiger charge is -2.37. The summed E-state index contributed by atoms with van der Waals surface area (Å²) in [6, 6.07) is 7.51. The number of rotatable bonds is 6. The molecule has 3 atom stereocenters. The molecule has 0 aliphatic carbocycles. The summed E-state index contributed by atoms with van der Waals surface area (Å²) in [5.74, 6) is 0.779. The van der Waals surface area contributed by atoms with Gasteiger partial charge < -0.3 is 15.5 Å². The zero-order valence-electron chi connectivity index (χ0n) is 25.7. The average molecular weight is 586 g/mol. The molecule has 10 nitrogen and oxygen atoms in total. The second-order valence-electron chi connectivity index (χ2n) is 12.3. The van der Waals surface area contributed by atoms with E-state index in [4.69, 9.17) is 9.97 Å². The van der Waals surface area contributed by atoms with E-state index in [0.29, 0.717) is 28.1 Å². The molecular weight excluding hydrogens is 545 g/mol. The molecule has 6 rings (SSSR count). The number of aryl methyl sites for hydroxylation is 1. The second kappa shape index (κ2) is 11.6. The van der Waals surface area contributed by atoms with Crippen LogP contribution in [0.4, 0.5) is 21.7 Å². The molecular formula is C32H40FN9O. The number of pyridine rings is 1. The van der Waals surface area contributed by atoms with Crippen LogP contribution in [0.3, 0.4) is 0 Å². The molecule has 2 aliphatic heterocycles. The van der Waals surface area contributed by atoms with Crippen LogP contribution in [0.15, 0.2) is 41.5 Å². The summed E-state index contributed by atoms with van der Waals surface area (Å²) < 4.78 is 16.9. The lowest BCUT2D eigenvalue weighted by Crippen LogP contribution is -2.54. The lowest BCUT2D eigenvalue weighted by molar-refractivity contribution is 0.305. The number of piperazine rings is 1. The van der Waals surface area contributed by atoms with Crippen molar-refractivity contribution in [2.45, 2.75) is 71.6 Å². The Morgan fingerprint density at radius 1 is 1.05 bits per heavy atom. The van der Waals surface area contributed by atoms with Crippen molar-refractivity contribution in [3.63, 3.8) is 0 Å². The molecule has 2 fully saturated rings. The van der Waals surface area contributed by atoms with Gasteiger partial charge in [-0.3, -0.25) is 14.3 Å². The Balaban J connectivity index is 1.31. The zero-order chi connectivity index (χ0) is 30.4. The van der Waals surface area contributed by atoms with Crippen molar-refractivity contribution in [2.24, 2.45) is 0 Å². The topological polar surface area (TPSA) is 104 Å². The van der Waals surface area contributed by atoms with Gasteiger partial charge in [-0.15, -0.1) is 0 Å². The summed E-state index contributed by atoms with van der Waals surface area (Å²) in [6.07, 6.45) is 5.62. The van der Waals surface area contributed by atoms with E-state index in [2.05, 4.69) is 51.3 Å². The van der Waals surface area contributed by atoms with Crippen molar-refractivity contribution in [3.05, 3.63) is 64.3 Å². The number of aromatic nitrogens is 5. The number of nitrogens with zero attached hydrogens (tertiary/aromatic N) is 7. The van der Waals surface area contributed by atoms with Crippen LogP contribution >= 0.6 is 0 Å². The molecule has 1 unspecified atom stereocenters. The van der Waals surface area contributed by atoms with Crippen LogP contribution in [-0.2, 0) is 0 Å². The van der Waals surface area contributed by atoms with Gasteiger partial charge in [0, 0.05) is 65.9 Å². The second-order valence-corrected chi connectivity index (χ2v) is 12.3. The summed E-state index contributed by atoms with van der Waals surface area (Å²) in [7, 11) is 2.10. The van der Waals surface area contributed by atoms with E-state index in [1.165, 1.54) is 6.07 Å². The molecule has 4 aromatic rings. The Morgan fingerprint density at radius 2 is 1.81 bits per heavy atom. The number of anilines is 3. The Morgan fingerprint density at radius 3 is 2.47 bits per heavy atom. The number of nitrogens with one attached hydrogen (secondary N) is 2. The van der Waals surface area contributed by atoms with Gasteiger partial charge >= 0.3 is 0 Å². The molecule has 226 valence electrons. The number of likely N-dealkylation sites (tertiary alicyclic amines) is 1. The summed E-state index contributed by atoms with van der Waals surface area (Å²) in [5, 5.41) is 7.33. The predicted octanol–water partition coefficient (Wildman–Crippen LogP) is 4.97. The number of benzene rings is 1. The maximum absolute atomic E-state index is 15.2. The van der Waals surface area contributed by atoms with Crippen molar-refractivity contribution >= 4 is 28.4 Å². The van der Waals surface area contributed by atoms with E-state index in [1.807, 2.05) is 32.9 Å². The molecule has 1 aromatic carbocycles. The largest absolute Gasteiger partial charge is 0.366 e. The third kappa shape index (κ3) is 5.71. The smallest absolute Gasteiger partial charge is 0.260 e. The van der Waals surface area contributed by atoms with E-state index >= 15 is 4.39 Å². The van der Waals surface area contributed by atoms with E-state index in [1.54, 1.807) is 23.0 Å². The first-order chi connectivity index (χ1) is 20.6. The fourth-order valence-electron chi connectivity index (χ4n) is 6.49. The first-order valence-electron chi connectivity index (χ1n) is 15.1. The van der Waals surface area contributed by atoms with Crippen LogP contribution < -0.4 is 21.1 Å². The van der Waals surface area contributed by atoms with Crippen LogP contribution in [-0.4, -0.2) is 68.2 Å². The SMILES string of the molecule is Cc1nc(C2CCCN2C)ncc1-c1cc2cnc(Nc3ccc(N4C[C@@H](C)N[C@@H](C)C4)c(F)c3)nc2n(C(C)C)c1=O. The van der Waals surface area contributed by atoms with Gasteiger partial charge in [0.1, 0.15) is 17.3 Å². The van der Waals surface area contributed by atoms with Crippen molar-refractivity contribution in [2.75, 3.05) is 36.9 Å². The fraction of sp³-hybridized carbons (Fsp3) is 0.469. The molecule has 0 saturated carbocycles. The zero-order valence-corrected chi connectivity index (χ0v) is 25.7. The highest BCUT2D eigenvalue weighted by Crippen LogP contribution is 2.31. The van der Waals surface area contributed by atoms with Crippen LogP contribution in [0, 0.1) is 12.7 Å². The molecule has 2 N–H and O–H groups in total. The highest BCUT2D eigenvalue weighted by atomic mass is 19.1. The standard InChI is InChI=1S/C32H40FN9O/c1-18(2)42-30-22(12-24(31(42)43)25-15-34-29(37-21(25)5)28-8-7-11-40(28)6)14-35-32(39-30)38-23-9-10-27(26(33)13-23)41-16-19(3)36-20(4)17-41/h9-10,12-15,18-20,28,36H,7-8,11,16-17H2,1-6H3,(H,35,38,39)/t19-,20+,28?. The predicted molar refractivity (Wildman–Crippen MR) is 169 cm³/mol. The van der Waals surface area contributed by atoms with Gasteiger partial charge in [0.2, 0.25) is 5.95 Å². The Hall–Kier alpha value is -3.96. The highest BCUT2D eigenvalue weighted by Gasteiger charge is 2.26. The van der Waals surface area contributed by atoms with Crippen LogP contribution in [0.1, 0.15) is 64.1 Å². The van der Waals surface area contributed by atoms with E-state index in [-0.39, 0.29) is 41.5 Å². The van der Waals surface area contributed by atoms with Crippen molar-refractivity contribution in [1.29, 1.82) is 0 Å². The molecule has 2 saturated heterocycles. The summed E-state index contributed by atoms with van der Waals surface area (Å²) in [4.78, 5) is 36.9. The number of fused-ring (bicyclic) bond motifs is 1. The Labute approximate surface area is 251 Å². The molecule has 0 radical (unpaired) electrons. The molecule has 5 heterocycles. The molecule has 0 amide bonds. The molecule has 2 aliphatic rings. The third-order valence-electron chi connectivity index (χ3n) is 8.50. The quantitative estimate of drug-likeness (QED) is 0.324. The van der Waals surface area contributed by atoms with Crippen molar-refractivity contribution in [3.8, 4) is 11.1 Å². The van der Waals surface area contributed by atoms with Gasteiger partial charge in [0.25, 0.3) is 5.56 Å². The maximum atomic E-state index is 15.2. The minimum Gasteiger partial charge on any atom is -0.366 e. The normalized spacial score (nSPS) is 21.2. The van der Waals surface area contributed by atoms with Crippen LogP contribution in [0.25, 0.3) is 22.2 Å². The number of halogens is 1. The van der Waals surface area contributed by atoms with Gasteiger partial charge in [-0.25, -0.2) is 19.3 Å². The van der Waals surface area contributed by atoms with E-state index < -0.39 is 0 Å². The number of hydrogen-bond donors (Lipinski definition) is 2. The molecule has 43 heavy (non-hydrogen) atoms. The van der Waals surface area contributed by atoms with Gasteiger partial charge in [-0.2, -0.15) is 4.98 Å². The fourth-order valence-corrected chi connectivity index (χ4v) is 6.49. The first kappa shape index (κ1) is 29.1. The average Bonchev–Trinajstić information content (AvgIpc) is 3.38. The van der Waals surface area contributed by atoms with Crippen molar-refractivity contribution in [1.82, 2.24) is 34.7 Å². The van der Waals surface area contributed by atoms with Gasteiger partial charge in [0.15, 0.2) is 0 Å². The van der Waals surface area contributed by atoms with Crippen LogP contribution in [0.2, 0.25) is 0 Å². The van der Waals surface area contributed by atoms with Gasteiger partial charge in [0.05, 0.1) is 17.3 Å². The summed E-state index contributed by atoms with van der Waals surface area (Å²) in [5.41, 5.74) is 3.44. The Bertz CT molecular complexity index is 1710. The van der Waals surface area contributed by atoms with Crippen LogP contribution in [0.5, 0.6) is 0 Å². The summed E-state index contributed by atoms with van der Waals surface area (Å²) >= 11 is 0. The molecule has 11 heteroatoms. The maximum Gasteiger partial charge on any atom is 0.260 e. The minimum absolute atomic E-state index is 0.161. The highest BCUT2D eigenvalue weighted by molar-refractivity contribution is 5.82. The van der Waals surface area contributed by atoms with E-state index in [0.717, 1.165) is 49.4 Å². The Kier molecular flexibility index (Phi) is 7.87.